The van der Waals surface area contributed by atoms with Gasteiger partial charge in [-0.25, -0.2) is 0 Å². The number of benzene rings is 1. The van der Waals surface area contributed by atoms with Crippen LogP contribution in [0, 0.1) is 0 Å². The average Bonchev–Trinajstić information content (AvgIpc) is 2.85. The number of aliphatic imine (C=N–C) groups is 1. The highest BCUT2D eigenvalue weighted by Crippen LogP contribution is 2.25. The molecule has 2 N–H and O–H groups in total. The predicted octanol–water partition coefficient (Wildman–Crippen LogP) is 1.97. The van der Waals surface area contributed by atoms with Crippen molar-refractivity contribution in [1.82, 2.24) is 10.6 Å². The first-order chi connectivity index (χ1) is 8.83. The molecule has 0 aromatic heterocycles. The zero-order valence-corrected chi connectivity index (χ0v) is 13.9. The van der Waals surface area contributed by atoms with Crippen LogP contribution in [0.15, 0.2) is 23.2 Å². The summed E-state index contributed by atoms with van der Waals surface area (Å²) in [4.78, 5) is 4.14. The highest BCUT2D eigenvalue weighted by Gasteiger charge is 2.11. The quantitative estimate of drug-likeness (QED) is 0.481. The topological polar surface area (TPSA) is 45.7 Å². The van der Waals surface area contributed by atoms with Crippen molar-refractivity contribution in [3.05, 3.63) is 29.3 Å². The summed E-state index contributed by atoms with van der Waals surface area (Å²) in [5, 5.41) is 6.47. The zero-order valence-electron chi connectivity index (χ0n) is 11.5. The molecule has 5 heteroatoms. The molecule has 0 saturated carbocycles. The van der Waals surface area contributed by atoms with Crippen molar-refractivity contribution < 1.29 is 4.74 Å². The molecule has 1 aromatic carbocycles. The van der Waals surface area contributed by atoms with Crippen LogP contribution in [0.2, 0.25) is 0 Å². The van der Waals surface area contributed by atoms with E-state index in [0.717, 1.165) is 44.2 Å². The van der Waals surface area contributed by atoms with E-state index in [1.807, 2.05) is 0 Å². The second kappa shape index (κ2) is 8.24. The first-order valence-electron chi connectivity index (χ1n) is 6.52. The number of ether oxygens (including phenoxy) is 1. The Kier molecular flexibility index (Phi) is 6.97. The minimum Gasteiger partial charge on any atom is -0.493 e. The Bertz CT molecular complexity index is 435. The van der Waals surface area contributed by atoms with Crippen molar-refractivity contribution in [3.63, 3.8) is 0 Å². The van der Waals surface area contributed by atoms with Crippen LogP contribution in [0.1, 0.15) is 18.1 Å². The van der Waals surface area contributed by atoms with Crippen molar-refractivity contribution in [3.8, 4) is 5.75 Å². The Hall–Kier alpha value is -0.980. The normalized spacial score (nSPS) is 13.3. The first kappa shape index (κ1) is 16.1. The lowest BCUT2D eigenvalue weighted by Crippen LogP contribution is -2.38. The highest BCUT2D eigenvalue weighted by atomic mass is 127. The van der Waals surface area contributed by atoms with Gasteiger partial charge in [-0.1, -0.05) is 12.1 Å². The second-order valence-electron chi connectivity index (χ2n) is 4.32. The van der Waals surface area contributed by atoms with Gasteiger partial charge in [0.05, 0.1) is 6.61 Å². The van der Waals surface area contributed by atoms with Gasteiger partial charge in [-0.15, -0.1) is 24.0 Å². The molecule has 0 bridgehead atoms. The Labute approximate surface area is 132 Å². The van der Waals surface area contributed by atoms with Gasteiger partial charge in [0.15, 0.2) is 5.96 Å². The fourth-order valence-electron chi connectivity index (χ4n) is 2.11. The molecule has 0 aliphatic carbocycles. The van der Waals surface area contributed by atoms with E-state index >= 15 is 0 Å². The zero-order chi connectivity index (χ0) is 12.8. The molecule has 4 nitrogen and oxygen atoms in total. The molecule has 0 saturated heterocycles. The molecule has 0 amide bonds. The summed E-state index contributed by atoms with van der Waals surface area (Å²) in [6.45, 7) is 4.66. The summed E-state index contributed by atoms with van der Waals surface area (Å²) in [5.41, 5.74) is 2.68. The van der Waals surface area contributed by atoms with Gasteiger partial charge in [0.25, 0.3) is 0 Å². The summed E-state index contributed by atoms with van der Waals surface area (Å²) in [7, 11) is 1.79. The van der Waals surface area contributed by atoms with Crippen molar-refractivity contribution >= 4 is 29.9 Å². The number of halogens is 1. The number of hydrogen-bond donors (Lipinski definition) is 2. The maximum absolute atomic E-state index is 5.50. The van der Waals surface area contributed by atoms with Crippen LogP contribution in [-0.2, 0) is 12.8 Å². The molecule has 19 heavy (non-hydrogen) atoms. The van der Waals surface area contributed by atoms with Crippen LogP contribution in [0.3, 0.4) is 0 Å². The fraction of sp³-hybridized carbons (Fsp3) is 0.500. The Morgan fingerprint density at radius 3 is 2.95 bits per heavy atom. The number of guanidine groups is 1. The molecule has 0 radical (unpaired) electrons. The van der Waals surface area contributed by atoms with E-state index < -0.39 is 0 Å². The van der Waals surface area contributed by atoms with Crippen LogP contribution in [0.5, 0.6) is 5.75 Å². The summed E-state index contributed by atoms with van der Waals surface area (Å²) >= 11 is 0. The van der Waals surface area contributed by atoms with Crippen molar-refractivity contribution in [2.24, 2.45) is 4.99 Å². The van der Waals surface area contributed by atoms with Crippen LogP contribution in [-0.4, -0.2) is 32.7 Å². The van der Waals surface area contributed by atoms with Gasteiger partial charge in [-0.2, -0.15) is 0 Å². The minimum atomic E-state index is 0. The summed E-state index contributed by atoms with van der Waals surface area (Å²) in [5.74, 6) is 1.91. The van der Waals surface area contributed by atoms with Gasteiger partial charge >= 0.3 is 0 Å². The fourth-order valence-corrected chi connectivity index (χ4v) is 2.11. The highest BCUT2D eigenvalue weighted by molar-refractivity contribution is 14.0. The van der Waals surface area contributed by atoms with E-state index in [1.54, 1.807) is 7.05 Å². The number of fused-ring (bicyclic) bond motifs is 1. The lowest BCUT2D eigenvalue weighted by Gasteiger charge is -2.10. The third-order valence-corrected chi connectivity index (χ3v) is 3.03. The van der Waals surface area contributed by atoms with Crippen molar-refractivity contribution in [2.45, 2.75) is 19.8 Å². The molecule has 1 aliphatic heterocycles. The SMILES string of the molecule is CCNC(=NC)NCCc1ccc2c(c1)CCO2.I. The molecule has 0 atom stereocenters. The van der Waals surface area contributed by atoms with Crippen LogP contribution in [0.4, 0.5) is 0 Å². The van der Waals surface area contributed by atoms with E-state index in [0.29, 0.717) is 0 Å². The van der Waals surface area contributed by atoms with E-state index in [2.05, 4.69) is 40.7 Å². The molecule has 2 rings (SSSR count). The van der Waals surface area contributed by atoms with Gasteiger partial charge in [-0.3, -0.25) is 4.99 Å². The van der Waals surface area contributed by atoms with Gasteiger partial charge < -0.3 is 15.4 Å². The van der Waals surface area contributed by atoms with Crippen molar-refractivity contribution in [1.29, 1.82) is 0 Å². The van der Waals surface area contributed by atoms with Gasteiger partial charge in [0.1, 0.15) is 5.75 Å². The molecular weight excluding hydrogens is 353 g/mol. The Morgan fingerprint density at radius 2 is 2.21 bits per heavy atom. The summed E-state index contributed by atoms with van der Waals surface area (Å²) < 4.78 is 5.50. The Balaban J connectivity index is 0.00000180. The molecule has 0 unspecified atom stereocenters. The van der Waals surface area contributed by atoms with Gasteiger partial charge in [0, 0.05) is 26.6 Å². The van der Waals surface area contributed by atoms with E-state index in [1.165, 1.54) is 11.1 Å². The first-order valence-corrected chi connectivity index (χ1v) is 6.52. The summed E-state index contributed by atoms with van der Waals surface area (Å²) in [6, 6.07) is 6.47. The lowest BCUT2D eigenvalue weighted by molar-refractivity contribution is 0.357. The predicted molar refractivity (Wildman–Crippen MR) is 89.8 cm³/mol. The monoisotopic (exact) mass is 375 g/mol. The lowest BCUT2D eigenvalue weighted by atomic mass is 10.1. The maximum Gasteiger partial charge on any atom is 0.190 e. The molecule has 106 valence electrons. The smallest absolute Gasteiger partial charge is 0.190 e. The standard InChI is InChI=1S/C14H21N3O.HI/c1-3-16-14(15-2)17-8-6-11-4-5-13-12(10-11)7-9-18-13;/h4-5,10H,3,6-9H2,1-2H3,(H2,15,16,17);1H. The molecule has 1 aromatic rings. The van der Waals surface area contributed by atoms with E-state index in [4.69, 9.17) is 4.74 Å². The second-order valence-corrected chi connectivity index (χ2v) is 4.32. The van der Waals surface area contributed by atoms with Crippen LogP contribution < -0.4 is 15.4 Å². The number of rotatable bonds is 4. The molecule has 0 fully saturated rings. The molecule has 0 spiro atoms. The summed E-state index contributed by atoms with van der Waals surface area (Å²) in [6.07, 6.45) is 2.04. The molecule has 1 aliphatic rings. The van der Waals surface area contributed by atoms with Crippen LogP contribution in [0.25, 0.3) is 0 Å². The molecular formula is C14H22IN3O. The number of nitrogens with zero attached hydrogens (tertiary/aromatic N) is 1. The maximum atomic E-state index is 5.50. The van der Waals surface area contributed by atoms with Gasteiger partial charge in [0.2, 0.25) is 0 Å². The number of hydrogen-bond acceptors (Lipinski definition) is 2. The van der Waals surface area contributed by atoms with E-state index in [-0.39, 0.29) is 24.0 Å². The van der Waals surface area contributed by atoms with E-state index in [9.17, 15) is 0 Å². The van der Waals surface area contributed by atoms with Crippen LogP contribution >= 0.6 is 24.0 Å². The largest absolute Gasteiger partial charge is 0.493 e. The van der Waals surface area contributed by atoms with Crippen molar-refractivity contribution in [2.75, 3.05) is 26.7 Å². The average molecular weight is 375 g/mol. The number of nitrogens with one attached hydrogen (secondary N) is 2. The minimum absolute atomic E-state index is 0. The Morgan fingerprint density at radius 1 is 1.37 bits per heavy atom. The third kappa shape index (κ3) is 4.56. The molecule has 1 heterocycles. The van der Waals surface area contributed by atoms with Gasteiger partial charge in [-0.05, 0) is 30.5 Å². The third-order valence-electron chi connectivity index (χ3n) is 3.03.